The summed E-state index contributed by atoms with van der Waals surface area (Å²) < 4.78 is 74.9. The number of hydrogen-bond acceptors (Lipinski definition) is 7. The SMILES string of the molecule is CS(C)=O.CS(C)=O.O=C(Nc1ccccc1NS(=O)(=O)c1ccccc1)Nc1ccccc1NS(=O)(=O)c1ccccc1. The molecule has 4 aromatic carbocycles. The van der Waals surface area contributed by atoms with Crippen LogP contribution in [0, 0.1) is 0 Å². The van der Waals surface area contributed by atoms with E-state index in [0.29, 0.717) is 0 Å². The first-order valence-electron chi connectivity index (χ1n) is 12.6. The number of urea groups is 1. The van der Waals surface area contributed by atoms with Crippen LogP contribution in [0.4, 0.5) is 27.5 Å². The van der Waals surface area contributed by atoms with E-state index in [-0.39, 0.29) is 32.5 Å². The molecule has 0 radical (unpaired) electrons. The van der Waals surface area contributed by atoms with Crippen LogP contribution in [-0.4, -0.2) is 56.3 Å². The Morgan fingerprint density at radius 1 is 0.477 bits per heavy atom. The zero-order chi connectivity index (χ0) is 32.8. The fraction of sp³-hybridized carbons (Fsp3) is 0.138. The molecular weight excluding hydrogens is 645 g/mol. The van der Waals surface area contributed by atoms with Gasteiger partial charge in [-0.25, -0.2) is 21.6 Å². The van der Waals surface area contributed by atoms with Crippen molar-refractivity contribution in [3.63, 3.8) is 0 Å². The molecule has 0 bridgehead atoms. The quantitative estimate of drug-likeness (QED) is 0.205. The summed E-state index contributed by atoms with van der Waals surface area (Å²) in [6.07, 6.45) is 6.56. The topological polar surface area (TPSA) is 168 Å². The fourth-order valence-corrected chi connectivity index (χ4v) is 5.45. The van der Waals surface area contributed by atoms with Crippen molar-refractivity contribution in [2.45, 2.75) is 9.79 Å². The molecule has 2 amide bonds. The minimum atomic E-state index is -3.88. The maximum Gasteiger partial charge on any atom is 0.323 e. The van der Waals surface area contributed by atoms with Crippen molar-refractivity contribution in [3.05, 3.63) is 109 Å². The lowest BCUT2D eigenvalue weighted by Gasteiger charge is -2.16. The van der Waals surface area contributed by atoms with Crippen molar-refractivity contribution in [1.29, 1.82) is 0 Å². The number of benzene rings is 4. The highest BCUT2D eigenvalue weighted by molar-refractivity contribution is 7.93. The first kappa shape index (κ1) is 36.1. The molecule has 0 saturated heterocycles. The lowest BCUT2D eigenvalue weighted by Crippen LogP contribution is -2.22. The summed E-state index contributed by atoms with van der Waals surface area (Å²) in [6.45, 7) is 0. The smallest absolute Gasteiger partial charge is 0.306 e. The maximum absolute atomic E-state index is 12.8. The summed E-state index contributed by atoms with van der Waals surface area (Å²) >= 11 is 0. The molecule has 4 N–H and O–H groups in total. The molecule has 236 valence electrons. The van der Waals surface area contributed by atoms with E-state index in [0.717, 1.165) is 0 Å². The minimum absolute atomic E-state index is 0.0730. The van der Waals surface area contributed by atoms with Gasteiger partial charge in [0, 0.05) is 46.6 Å². The predicted molar refractivity (Wildman–Crippen MR) is 180 cm³/mol. The van der Waals surface area contributed by atoms with E-state index in [2.05, 4.69) is 20.1 Å². The Balaban J connectivity index is 0.000000754. The standard InChI is InChI=1S/C25H22N4O5S2.2C2H6OS/c30-25(26-21-15-7-9-17-23(21)28-35(31,32)19-11-3-1-4-12-19)27-22-16-8-10-18-24(22)29-36(33,34)20-13-5-2-6-14-20;2*1-4(2)3/h1-18,28-29H,(H2,26,27,30);2*1-2H3. The monoisotopic (exact) mass is 678 g/mol. The van der Waals surface area contributed by atoms with Crippen LogP contribution in [0.3, 0.4) is 0 Å². The molecule has 44 heavy (non-hydrogen) atoms. The molecule has 4 rings (SSSR count). The fourth-order valence-electron chi connectivity index (χ4n) is 3.24. The molecule has 0 heterocycles. The van der Waals surface area contributed by atoms with E-state index in [1.54, 1.807) is 85.7 Å². The molecule has 0 fully saturated rings. The van der Waals surface area contributed by atoms with E-state index in [9.17, 15) is 30.0 Å². The number of hydrogen-bond donors (Lipinski definition) is 4. The van der Waals surface area contributed by atoms with Crippen LogP contribution >= 0.6 is 0 Å². The molecule has 0 saturated carbocycles. The molecule has 0 aliphatic rings. The maximum atomic E-state index is 12.8. The highest BCUT2D eigenvalue weighted by Gasteiger charge is 2.18. The number of para-hydroxylation sites is 4. The van der Waals surface area contributed by atoms with Gasteiger partial charge < -0.3 is 10.6 Å². The van der Waals surface area contributed by atoms with Crippen LogP contribution in [0.5, 0.6) is 0 Å². The summed E-state index contributed by atoms with van der Waals surface area (Å²) in [5, 5.41) is 5.20. The Hall–Kier alpha value is -4.05. The number of sulfonamides is 2. The number of amides is 2. The summed E-state index contributed by atoms with van der Waals surface area (Å²) in [5.74, 6) is 0. The molecule has 0 aliphatic carbocycles. The van der Waals surface area contributed by atoms with Gasteiger partial charge in [-0.05, 0) is 48.5 Å². The number of carbonyl (C=O) groups excluding carboxylic acids is 1. The van der Waals surface area contributed by atoms with Crippen LogP contribution in [0.1, 0.15) is 0 Å². The van der Waals surface area contributed by atoms with E-state index in [4.69, 9.17) is 0 Å². The van der Waals surface area contributed by atoms with E-state index in [1.165, 1.54) is 48.5 Å². The van der Waals surface area contributed by atoms with E-state index in [1.807, 2.05) is 0 Å². The second kappa shape index (κ2) is 17.3. The average molecular weight is 679 g/mol. The first-order valence-corrected chi connectivity index (χ1v) is 19.5. The zero-order valence-electron chi connectivity index (χ0n) is 24.4. The molecule has 0 aromatic heterocycles. The van der Waals surface area contributed by atoms with E-state index >= 15 is 0 Å². The van der Waals surface area contributed by atoms with Gasteiger partial charge in [0.25, 0.3) is 20.0 Å². The second-order valence-corrected chi connectivity index (χ2v) is 15.3. The normalized spacial score (nSPS) is 10.9. The van der Waals surface area contributed by atoms with Crippen molar-refractivity contribution in [2.75, 3.05) is 45.1 Å². The van der Waals surface area contributed by atoms with Crippen LogP contribution in [0.2, 0.25) is 0 Å². The molecule has 0 unspecified atom stereocenters. The van der Waals surface area contributed by atoms with Crippen molar-refractivity contribution >= 4 is 70.4 Å². The van der Waals surface area contributed by atoms with Crippen molar-refractivity contribution in [1.82, 2.24) is 0 Å². The van der Waals surface area contributed by atoms with Crippen LogP contribution in [-0.2, 0) is 41.6 Å². The molecule has 0 atom stereocenters. The van der Waals surface area contributed by atoms with E-state index < -0.39 is 47.7 Å². The van der Waals surface area contributed by atoms with Gasteiger partial charge >= 0.3 is 6.03 Å². The summed E-state index contributed by atoms with van der Waals surface area (Å²) in [4.78, 5) is 12.9. The molecule has 15 heteroatoms. The van der Waals surface area contributed by atoms with Gasteiger partial charge in [0.1, 0.15) is 0 Å². The molecular formula is C29H34N4O7S4. The van der Waals surface area contributed by atoms with Crippen molar-refractivity contribution in [2.24, 2.45) is 0 Å². The third-order valence-electron chi connectivity index (χ3n) is 4.95. The Morgan fingerprint density at radius 2 is 0.727 bits per heavy atom. The summed E-state index contributed by atoms with van der Waals surface area (Å²) in [7, 11) is -8.99. The van der Waals surface area contributed by atoms with Crippen molar-refractivity contribution in [3.8, 4) is 0 Å². The second-order valence-electron chi connectivity index (χ2n) is 8.99. The van der Waals surface area contributed by atoms with Gasteiger partial charge in [-0.2, -0.15) is 0 Å². The molecule has 0 spiro atoms. The van der Waals surface area contributed by atoms with Crippen LogP contribution < -0.4 is 20.1 Å². The Bertz CT molecular complexity index is 1650. The highest BCUT2D eigenvalue weighted by atomic mass is 32.2. The zero-order valence-corrected chi connectivity index (χ0v) is 27.6. The number of anilines is 4. The van der Waals surface area contributed by atoms with Gasteiger partial charge in [0.2, 0.25) is 0 Å². The van der Waals surface area contributed by atoms with Crippen LogP contribution in [0.15, 0.2) is 119 Å². The van der Waals surface area contributed by atoms with Gasteiger partial charge in [0.15, 0.2) is 0 Å². The Labute approximate surface area is 263 Å². The first-order chi connectivity index (χ1) is 20.7. The molecule has 11 nitrogen and oxygen atoms in total. The van der Waals surface area contributed by atoms with Gasteiger partial charge in [-0.15, -0.1) is 0 Å². The third-order valence-corrected chi connectivity index (χ3v) is 7.71. The number of rotatable bonds is 8. The minimum Gasteiger partial charge on any atom is -0.306 e. The van der Waals surface area contributed by atoms with Gasteiger partial charge in [-0.1, -0.05) is 60.7 Å². The predicted octanol–water partition coefficient (Wildman–Crippen LogP) is 4.92. The average Bonchev–Trinajstić information content (AvgIpc) is 2.95. The summed E-state index contributed by atoms with van der Waals surface area (Å²) in [5.41, 5.74) is 0.734. The lowest BCUT2D eigenvalue weighted by molar-refractivity contribution is 0.262. The van der Waals surface area contributed by atoms with Gasteiger partial charge in [0.05, 0.1) is 32.5 Å². The third kappa shape index (κ3) is 12.7. The molecule has 0 aliphatic heterocycles. The lowest BCUT2D eigenvalue weighted by atomic mass is 10.2. The number of nitrogens with one attached hydrogen (secondary N) is 4. The van der Waals surface area contributed by atoms with Crippen LogP contribution in [0.25, 0.3) is 0 Å². The summed E-state index contributed by atoms with van der Waals surface area (Å²) in [6, 6.07) is 27.6. The largest absolute Gasteiger partial charge is 0.323 e. The van der Waals surface area contributed by atoms with Crippen molar-refractivity contribution < 1.29 is 30.0 Å². The molecule has 4 aromatic rings. The Morgan fingerprint density at radius 3 is 1.02 bits per heavy atom. The number of carbonyl (C=O) groups is 1. The Kier molecular flexibility index (Phi) is 14.2. The van der Waals surface area contributed by atoms with Gasteiger partial charge in [-0.3, -0.25) is 17.9 Å². The highest BCUT2D eigenvalue weighted by Crippen LogP contribution is 2.27.